The summed E-state index contributed by atoms with van der Waals surface area (Å²) in [5.74, 6) is 0.589. The summed E-state index contributed by atoms with van der Waals surface area (Å²) in [6.07, 6.45) is 0. The van der Waals surface area contributed by atoms with Crippen LogP contribution in [0.3, 0.4) is 0 Å². The van der Waals surface area contributed by atoms with Gasteiger partial charge in [-0.3, -0.25) is 0 Å². The van der Waals surface area contributed by atoms with Crippen molar-refractivity contribution in [3.63, 3.8) is 0 Å². The van der Waals surface area contributed by atoms with Gasteiger partial charge in [-0.05, 0) is 29.2 Å². The van der Waals surface area contributed by atoms with E-state index in [0.717, 1.165) is 16.8 Å². The highest BCUT2D eigenvalue weighted by atomic mass is 32.1. The Morgan fingerprint density at radius 3 is 2.19 bits per heavy atom. The molecule has 0 N–H and O–H groups in total. The van der Waals surface area contributed by atoms with E-state index < -0.39 is 0 Å². The third-order valence-electron chi connectivity index (χ3n) is 4.40. The minimum absolute atomic E-state index is 0.470. The van der Waals surface area contributed by atoms with Crippen LogP contribution in [0.25, 0.3) is 22.4 Å². The highest BCUT2D eigenvalue weighted by Crippen LogP contribution is 2.30. The second-order valence-electron chi connectivity index (χ2n) is 6.03. The molecular formula is C22H18N2OS. The molecule has 3 aromatic carbocycles. The molecule has 0 atom stereocenters. The Balaban J connectivity index is 1.58. The predicted octanol–water partition coefficient (Wildman–Crippen LogP) is 5.76. The number of hydrogen-bond donors (Lipinski definition) is 0. The molecule has 26 heavy (non-hydrogen) atoms. The van der Waals surface area contributed by atoms with Gasteiger partial charge in [0.1, 0.15) is 12.3 Å². The van der Waals surface area contributed by atoms with Crippen LogP contribution < -0.4 is 4.74 Å². The van der Waals surface area contributed by atoms with Crippen LogP contribution >= 0.6 is 11.7 Å². The maximum atomic E-state index is 6.03. The number of aromatic nitrogens is 2. The van der Waals surface area contributed by atoms with E-state index >= 15 is 0 Å². The minimum atomic E-state index is 0.470. The second-order valence-corrected chi connectivity index (χ2v) is 6.56. The SMILES string of the molecule is Cc1c(COc2nsnc2-c2ccccc2)cccc1-c1ccccc1. The van der Waals surface area contributed by atoms with E-state index in [0.29, 0.717) is 12.5 Å². The maximum Gasteiger partial charge on any atom is 0.254 e. The molecule has 0 saturated carbocycles. The highest BCUT2D eigenvalue weighted by molar-refractivity contribution is 6.99. The molecule has 4 rings (SSSR count). The summed E-state index contributed by atoms with van der Waals surface area (Å²) < 4.78 is 14.7. The maximum absolute atomic E-state index is 6.03. The number of nitrogens with zero attached hydrogens (tertiary/aromatic N) is 2. The average molecular weight is 358 g/mol. The third kappa shape index (κ3) is 3.37. The van der Waals surface area contributed by atoms with Gasteiger partial charge in [-0.2, -0.15) is 4.37 Å². The van der Waals surface area contributed by atoms with Crippen molar-refractivity contribution in [1.29, 1.82) is 0 Å². The molecule has 4 heteroatoms. The quantitative estimate of drug-likeness (QED) is 0.455. The monoisotopic (exact) mass is 358 g/mol. The van der Waals surface area contributed by atoms with E-state index in [2.05, 4.69) is 58.1 Å². The van der Waals surface area contributed by atoms with Crippen LogP contribution in [0, 0.1) is 6.92 Å². The van der Waals surface area contributed by atoms with Crippen molar-refractivity contribution < 1.29 is 4.74 Å². The van der Waals surface area contributed by atoms with Gasteiger partial charge in [0.05, 0.1) is 11.7 Å². The van der Waals surface area contributed by atoms with Crippen LogP contribution in [-0.4, -0.2) is 8.75 Å². The molecule has 0 aliphatic rings. The van der Waals surface area contributed by atoms with Crippen LogP contribution in [0.5, 0.6) is 5.88 Å². The molecule has 0 fully saturated rings. The first-order valence-corrected chi connectivity index (χ1v) is 9.20. The summed E-state index contributed by atoms with van der Waals surface area (Å²) in [6, 6.07) is 26.7. The van der Waals surface area contributed by atoms with Gasteiger partial charge in [0.15, 0.2) is 0 Å². The Labute approximate surface area is 157 Å². The average Bonchev–Trinajstić information content (AvgIpc) is 3.17. The molecule has 1 aromatic heterocycles. The van der Waals surface area contributed by atoms with Crippen molar-refractivity contribution in [2.75, 3.05) is 0 Å². The van der Waals surface area contributed by atoms with Gasteiger partial charge in [-0.25, -0.2) is 0 Å². The van der Waals surface area contributed by atoms with E-state index in [1.807, 2.05) is 36.4 Å². The molecule has 4 aromatic rings. The molecule has 1 heterocycles. The van der Waals surface area contributed by atoms with Crippen molar-refractivity contribution in [2.45, 2.75) is 13.5 Å². The van der Waals surface area contributed by atoms with E-state index in [1.54, 1.807) is 0 Å². The van der Waals surface area contributed by atoms with Gasteiger partial charge < -0.3 is 4.74 Å². The van der Waals surface area contributed by atoms with Crippen molar-refractivity contribution >= 4 is 11.7 Å². The Morgan fingerprint density at radius 2 is 1.46 bits per heavy atom. The van der Waals surface area contributed by atoms with E-state index in [4.69, 9.17) is 4.74 Å². The zero-order valence-electron chi connectivity index (χ0n) is 14.4. The Morgan fingerprint density at radius 1 is 0.769 bits per heavy atom. The lowest BCUT2D eigenvalue weighted by Gasteiger charge is -2.12. The van der Waals surface area contributed by atoms with Gasteiger partial charge in [-0.1, -0.05) is 78.9 Å². The van der Waals surface area contributed by atoms with Gasteiger partial charge in [0, 0.05) is 5.56 Å². The summed E-state index contributed by atoms with van der Waals surface area (Å²) in [4.78, 5) is 0. The fourth-order valence-corrected chi connectivity index (χ4v) is 3.48. The van der Waals surface area contributed by atoms with Gasteiger partial charge in [-0.15, -0.1) is 4.37 Å². The minimum Gasteiger partial charge on any atom is -0.471 e. The number of hydrogen-bond acceptors (Lipinski definition) is 4. The lowest BCUT2D eigenvalue weighted by Crippen LogP contribution is -2.00. The fourth-order valence-electron chi connectivity index (χ4n) is 2.96. The van der Waals surface area contributed by atoms with Crippen LogP contribution in [0.1, 0.15) is 11.1 Å². The Bertz CT molecular complexity index is 997. The molecule has 0 bridgehead atoms. The second kappa shape index (κ2) is 7.50. The van der Waals surface area contributed by atoms with Crippen molar-refractivity contribution in [2.24, 2.45) is 0 Å². The first-order chi connectivity index (χ1) is 12.8. The predicted molar refractivity (Wildman–Crippen MR) is 106 cm³/mol. The largest absolute Gasteiger partial charge is 0.471 e. The standard InChI is InChI=1S/C22H18N2OS/c1-16-19(13-8-14-20(16)17-9-4-2-5-10-17)15-25-22-21(23-26-24-22)18-11-6-3-7-12-18/h2-14H,15H2,1H3. The Hall–Kier alpha value is -2.98. The first kappa shape index (κ1) is 16.5. The molecule has 0 unspecified atom stereocenters. The normalized spacial score (nSPS) is 10.7. The molecule has 128 valence electrons. The van der Waals surface area contributed by atoms with Gasteiger partial charge >= 0.3 is 0 Å². The van der Waals surface area contributed by atoms with E-state index in [-0.39, 0.29) is 0 Å². The smallest absolute Gasteiger partial charge is 0.254 e. The Kier molecular flexibility index (Phi) is 4.75. The third-order valence-corrected chi connectivity index (χ3v) is 4.91. The fraction of sp³-hybridized carbons (Fsp3) is 0.0909. The van der Waals surface area contributed by atoms with Crippen LogP contribution in [0.4, 0.5) is 0 Å². The van der Waals surface area contributed by atoms with E-state index in [1.165, 1.54) is 28.4 Å². The van der Waals surface area contributed by atoms with E-state index in [9.17, 15) is 0 Å². The molecule has 0 amide bonds. The molecule has 0 aliphatic heterocycles. The van der Waals surface area contributed by atoms with Crippen LogP contribution in [-0.2, 0) is 6.61 Å². The van der Waals surface area contributed by atoms with Crippen molar-refractivity contribution in [1.82, 2.24) is 8.75 Å². The summed E-state index contributed by atoms with van der Waals surface area (Å²) in [5.41, 5.74) is 6.64. The molecular weight excluding hydrogens is 340 g/mol. The van der Waals surface area contributed by atoms with Gasteiger partial charge in [0.2, 0.25) is 0 Å². The molecule has 0 aliphatic carbocycles. The molecule has 0 radical (unpaired) electrons. The van der Waals surface area contributed by atoms with Crippen molar-refractivity contribution in [3.8, 4) is 28.3 Å². The lowest BCUT2D eigenvalue weighted by molar-refractivity contribution is 0.297. The molecule has 3 nitrogen and oxygen atoms in total. The lowest BCUT2D eigenvalue weighted by atomic mass is 9.97. The summed E-state index contributed by atoms with van der Waals surface area (Å²) in [7, 11) is 0. The number of ether oxygens (including phenoxy) is 1. The summed E-state index contributed by atoms with van der Waals surface area (Å²) in [6.45, 7) is 2.61. The number of benzene rings is 3. The zero-order valence-corrected chi connectivity index (χ0v) is 15.2. The molecule has 0 saturated heterocycles. The van der Waals surface area contributed by atoms with Crippen molar-refractivity contribution in [3.05, 3.63) is 90.0 Å². The zero-order chi connectivity index (χ0) is 17.8. The molecule has 0 spiro atoms. The van der Waals surface area contributed by atoms with Gasteiger partial charge in [0.25, 0.3) is 5.88 Å². The van der Waals surface area contributed by atoms with Crippen LogP contribution in [0.2, 0.25) is 0 Å². The topological polar surface area (TPSA) is 35.0 Å². The first-order valence-electron chi connectivity index (χ1n) is 8.47. The highest BCUT2D eigenvalue weighted by Gasteiger charge is 2.13. The van der Waals surface area contributed by atoms with Crippen LogP contribution in [0.15, 0.2) is 78.9 Å². The summed E-state index contributed by atoms with van der Waals surface area (Å²) in [5, 5.41) is 0. The number of rotatable bonds is 5. The summed E-state index contributed by atoms with van der Waals surface area (Å²) >= 11 is 1.18.